The van der Waals surface area contributed by atoms with Crippen LogP contribution in [0.5, 0.6) is 0 Å². The molecule has 0 aliphatic heterocycles. The number of rotatable bonds is 8. The Morgan fingerprint density at radius 1 is 1.32 bits per heavy atom. The monoisotopic (exact) mass is 287 g/mol. The molecule has 0 heterocycles. The standard InChI is InChI=1S/C13H21NO4S/c1-18-9-3-8-14-10-13(15)11-4-6-12(7-5-11)19(2,16)17/h4-7,13-15H,3,8-10H2,1-2H3. The molecule has 0 spiro atoms. The van der Waals surface area contributed by atoms with E-state index in [2.05, 4.69) is 5.32 Å². The van der Waals surface area contributed by atoms with Crippen LogP contribution >= 0.6 is 0 Å². The lowest BCUT2D eigenvalue weighted by Crippen LogP contribution is -2.23. The van der Waals surface area contributed by atoms with Crippen molar-refractivity contribution in [2.24, 2.45) is 0 Å². The maximum Gasteiger partial charge on any atom is 0.175 e. The fourth-order valence-electron chi connectivity index (χ4n) is 1.64. The highest BCUT2D eigenvalue weighted by molar-refractivity contribution is 7.90. The lowest BCUT2D eigenvalue weighted by atomic mass is 10.1. The molecule has 0 fully saturated rings. The molecule has 1 aromatic rings. The normalized spacial score (nSPS) is 13.4. The number of aliphatic hydroxyl groups excluding tert-OH is 1. The second kappa shape index (κ2) is 7.59. The topological polar surface area (TPSA) is 75.6 Å². The fourth-order valence-corrected chi connectivity index (χ4v) is 2.27. The summed E-state index contributed by atoms with van der Waals surface area (Å²) in [7, 11) is -1.53. The van der Waals surface area contributed by atoms with Crippen LogP contribution in [0.2, 0.25) is 0 Å². The van der Waals surface area contributed by atoms with Crippen LogP contribution in [0.3, 0.4) is 0 Å². The van der Waals surface area contributed by atoms with E-state index >= 15 is 0 Å². The molecule has 0 aliphatic rings. The molecule has 0 aliphatic carbocycles. The van der Waals surface area contributed by atoms with Gasteiger partial charge in [-0.2, -0.15) is 0 Å². The third-order valence-electron chi connectivity index (χ3n) is 2.73. The number of hydrogen-bond acceptors (Lipinski definition) is 5. The van der Waals surface area contributed by atoms with E-state index in [1.54, 1.807) is 19.2 Å². The summed E-state index contributed by atoms with van der Waals surface area (Å²) in [5, 5.41) is 13.0. The number of hydrogen-bond donors (Lipinski definition) is 2. The highest BCUT2D eigenvalue weighted by Gasteiger charge is 2.10. The minimum absolute atomic E-state index is 0.261. The van der Waals surface area contributed by atoms with Gasteiger partial charge in [-0.25, -0.2) is 8.42 Å². The van der Waals surface area contributed by atoms with Crippen molar-refractivity contribution in [3.05, 3.63) is 29.8 Å². The molecule has 5 nitrogen and oxygen atoms in total. The molecule has 1 rings (SSSR count). The number of ether oxygens (including phenoxy) is 1. The van der Waals surface area contributed by atoms with E-state index in [-0.39, 0.29) is 4.90 Å². The van der Waals surface area contributed by atoms with Gasteiger partial charge in [0.15, 0.2) is 9.84 Å². The van der Waals surface area contributed by atoms with E-state index in [4.69, 9.17) is 4.74 Å². The average molecular weight is 287 g/mol. The Balaban J connectivity index is 2.47. The van der Waals surface area contributed by atoms with Crippen LogP contribution in [0, 0.1) is 0 Å². The largest absolute Gasteiger partial charge is 0.387 e. The molecule has 108 valence electrons. The van der Waals surface area contributed by atoms with Crippen LogP contribution in [-0.4, -0.2) is 46.6 Å². The second-order valence-electron chi connectivity index (χ2n) is 4.41. The van der Waals surface area contributed by atoms with Gasteiger partial charge in [0.05, 0.1) is 11.0 Å². The smallest absolute Gasteiger partial charge is 0.175 e. The zero-order valence-electron chi connectivity index (χ0n) is 11.3. The molecule has 1 unspecified atom stereocenters. The molecule has 0 radical (unpaired) electrons. The van der Waals surface area contributed by atoms with Gasteiger partial charge in [-0.15, -0.1) is 0 Å². The predicted molar refractivity (Wildman–Crippen MR) is 73.9 cm³/mol. The van der Waals surface area contributed by atoms with Crippen molar-refractivity contribution in [1.82, 2.24) is 5.32 Å². The number of nitrogens with one attached hydrogen (secondary N) is 1. The van der Waals surface area contributed by atoms with Gasteiger partial charge in [0.1, 0.15) is 0 Å². The Labute approximate surface area is 114 Å². The molecule has 1 atom stereocenters. The quantitative estimate of drug-likeness (QED) is 0.690. The first-order valence-electron chi connectivity index (χ1n) is 6.13. The van der Waals surface area contributed by atoms with Gasteiger partial charge in [0.25, 0.3) is 0 Å². The summed E-state index contributed by atoms with van der Waals surface area (Å²) in [5.41, 5.74) is 0.701. The minimum atomic E-state index is -3.18. The molecular formula is C13H21NO4S. The molecule has 0 saturated carbocycles. The van der Waals surface area contributed by atoms with Gasteiger partial charge in [-0.05, 0) is 30.7 Å². The van der Waals surface area contributed by atoms with Crippen LogP contribution in [0.25, 0.3) is 0 Å². The van der Waals surface area contributed by atoms with Crippen LogP contribution in [0.15, 0.2) is 29.2 Å². The summed E-state index contributed by atoms with van der Waals surface area (Å²) in [5.74, 6) is 0. The van der Waals surface area contributed by atoms with Crippen molar-refractivity contribution in [3.8, 4) is 0 Å². The molecule has 0 aromatic heterocycles. The molecule has 0 amide bonds. The molecular weight excluding hydrogens is 266 g/mol. The summed E-state index contributed by atoms with van der Waals surface area (Å²) in [6.07, 6.45) is 1.41. The summed E-state index contributed by atoms with van der Waals surface area (Å²) in [4.78, 5) is 0.261. The first-order valence-corrected chi connectivity index (χ1v) is 8.02. The van der Waals surface area contributed by atoms with E-state index in [0.29, 0.717) is 18.7 Å². The van der Waals surface area contributed by atoms with E-state index in [1.807, 2.05) is 0 Å². The van der Waals surface area contributed by atoms with Crippen molar-refractivity contribution in [3.63, 3.8) is 0 Å². The maximum absolute atomic E-state index is 11.3. The van der Waals surface area contributed by atoms with Crippen molar-refractivity contribution in [2.75, 3.05) is 33.1 Å². The molecule has 0 bridgehead atoms. The third-order valence-corrected chi connectivity index (χ3v) is 3.86. The van der Waals surface area contributed by atoms with Crippen molar-refractivity contribution in [2.45, 2.75) is 17.4 Å². The van der Waals surface area contributed by atoms with Crippen LogP contribution in [0.1, 0.15) is 18.1 Å². The predicted octanol–water partition coefficient (Wildman–Crippen LogP) is 0.750. The van der Waals surface area contributed by atoms with Gasteiger partial charge in [-0.1, -0.05) is 12.1 Å². The summed E-state index contributed by atoms with van der Waals surface area (Å²) in [6.45, 7) is 1.89. The van der Waals surface area contributed by atoms with Crippen LogP contribution in [0.4, 0.5) is 0 Å². The third kappa shape index (κ3) is 5.69. The molecule has 0 saturated heterocycles. The SMILES string of the molecule is COCCCNCC(O)c1ccc(S(C)(=O)=O)cc1. The maximum atomic E-state index is 11.3. The number of benzene rings is 1. The summed E-state index contributed by atoms with van der Waals surface area (Å²) < 4.78 is 27.5. The average Bonchev–Trinajstić information content (AvgIpc) is 2.37. The molecule has 1 aromatic carbocycles. The summed E-state index contributed by atoms with van der Waals surface area (Å²) >= 11 is 0. The van der Waals surface area contributed by atoms with E-state index < -0.39 is 15.9 Å². The highest BCUT2D eigenvalue weighted by Crippen LogP contribution is 2.15. The Hall–Kier alpha value is -0.950. The second-order valence-corrected chi connectivity index (χ2v) is 6.42. The number of methoxy groups -OCH3 is 1. The van der Waals surface area contributed by atoms with Crippen molar-refractivity contribution >= 4 is 9.84 Å². The number of aliphatic hydroxyl groups is 1. The lowest BCUT2D eigenvalue weighted by molar-refractivity contribution is 0.168. The zero-order valence-corrected chi connectivity index (χ0v) is 12.1. The van der Waals surface area contributed by atoms with Gasteiger partial charge in [0, 0.05) is 26.5 Å². The van der Waals surface area contributed by atoms with E-state index in [1.165, 1.54) is 12.1 Å². The van der Waals surface area contributed by atoms with Crippen molar-refractivity contribution in [1.29, 1.82) is 0 Å². The Morgan fingerprint density at radius 3 is 2.47 bits per heavy atom. The Morgan fingerprint density at radius 2 is 1.95 bits per heavy atom. The number of sulfone groups is 1. The summed E-state index contributed by atoms with van der Waals surface area (Å²) in [6, 6.07) is 6.30. The first kappa shape index (κ1) is 16.1. The molecule has 6 heteroatoms. The van der Waals surface area contributed by atoms with Gasteiger partial charge in [-0.3, -0.25) is 0 Å². The van der Waals surface area contributed by atoms with Gasteiger partial charge < -0.3 is 15.2 Å². The fraction of sp³-hybridized carbons (Fsp3) is 0.538. The van der Waals surface area contributed by atoms with Gasteiger partial charge in [0.2, 0.25) is 0 Å². The Bertz CT molecular complexity index is 470. The molecule has 2 N–H and O–H groups in total. The highest BCUT2D eigenvalue weighted by atomic mass is 32.2. The van der Waals surface area contributed by atoms with E-state index in [9.17, 15) is 13.5 Å². The van der Waals surface area contributed by atoms with Gasteiger partial charge >= 0.3 is 0 Å². The lowest BCUT2D eigenvalue weighted by Gasteiger charge is -2.12. The first-order chi connectivity index (χ1) is 8.95. The van der Waals surface area contributed by atoms with Crippen molar-refractivity contribution < 1.29 is 18.3 Å². The Kier molecular flexibility index (Phi) is 6.44. The minimum Gasteiger partial charge on any atom is -0.387 e. The van der Waals surface area contributed by atoms with E-state index in [0.717, 1.165) is 19.2 Å². The zero-order chi connectivity index (χ0) is 14.3. The van der Waals surface area contributed by atoms with Crippen LogP contribution < -0.4 is 5.32 Å². The van der Waals surface area contributed by atoms with Crippen LogP contribution in [-0.2, 0) is 14.6 Å². The molecule has 19 heavy (non-hydrogen) atoms.